The van der Waals surface area contributed by atoms with Crippen molar-refractivity contribution in [2.75, 3.05) is 11.5 Å². The number of carbonyl (C=O) groups is 4. The number of aliphatic carboxylic acids is 2. The third-order valence-corrected chi connectivity index (χ3v) is 11.3. The number of amides is 2. The molecule has 6 rings (SSSR count). The molecule has 0 unspecified atom stereocenters. The van der Waals surface area contributed by atoms with Gasteiger partial charge in [0.25, 0.3) is 0 Å². The standard InChI is InChI=1S/C33H38N4O6S2/c1-14-18(5-7-28(38)39)23(34-20(14)9-22-16(3)31(27-13-45-27)33(43)36-22)11-24-19(6-8-29(40)41)15(2)21(35-24)10-25-30(26-12-44-26)17(4)32(42)37-25/h9-11,17,22,26-27,30,34-35H,5-8,12-13H2,1-4H3,(H,36,43)(H,37,42)(H,38,39)(H,40,41)/b20-9+,23-11-,25-10-/t17-,22-,26+,27+,30-/m1/s1. The molecule has 0 aromatic carbocycles. The molecule has 12 heteroatoms. The van der Waals surface area contributed by atoms with Gasteiger partial charge in [-0.25, -0.2) is 0 Å². The number of carboxylic acids is 2. The number of aromatic amines is 2. The lowest BCUT2D eigenvalue weighted by molar-refractivity contribution is -0.138. The van der Waals surface area contributed by atoms with Crippen molar-refractivity contribution >= 4 is 65.5 Å². The van der Waals surface area contributed by atoms with E-state index in [0.29, 0.717) is 18.1 Å². The summed E-state index contributed by atoms with van der Waals surface area (Å²) in [5.41, 5.74) is 7.81. The third-order valence-electron chi connectivity index (χ3n) is 9.42. The minimum atomic E-state index is -0.900. The summed E-state index contributed by atoms with van der Waals surface area (Å²) in [5.74, 6) is 0.164. The average Bonchev–Trinajstić information content (AvgIpc) is 3.89. The summed E-state index contributed by atoms with van der Waals surface area (Å²) in [7, 11) is 0. The molecule has 4 aliphatic rings. The number of hydrogen-bond acceptors (Lipinski definition) is 6. The first-order valence-corrected chi connectivity index (χ1v) is 17.4. The van der Waals surface area contributed by atoms with Gasteiger partial charge in [-0.3, -0.25) is 19.2 Å². The summed E-state index contributed by atoms with van der Waals surface area (Å²) in [6.07, 6.45) is 6.42. The molecule has 45 heavy (non-hydrogen) atoms. The topological polar surface area (TPSA) is 164 Å². The summed E-state index contributed by atoms with van der Waals surface area (Å²) in [6, 6.07) is -0.259. The zero-order valence-electron chi connectivity index (χ0n) is 25.7. The van der Waals surface area contributed by atoms with E-state index >= 15 is 0 Å². The lowest BCUT2D eigenvalue weighted by atomic mass is 9.91. The first-order chi connectivity index (χ1) is 21.4. The van der Waals surface area contributed by atoms with E-state index in [4.69, 9.17) is 0 Å². The van der Waals surface area contributed by atoms with Gasteiger partial charge in [0.2, 0.25) is 11.8 Å². The summed E-state index contributed by atoms with van der Waals surface area (Å²) in [4.78, 5) is 55.4. The molecule has 10 nitrogen and oxygen atoms in total. The molecule has 2 aromatic heterocycles. The van der Waals surface area contributed by atoms with E-state index in [9.17, 15) is 29.4 Å². The van der Waals surface area contributed by atoms with Crippen LogP contribution >= 0.6 is 23.5 Å². The van der Waals surface area contributed by atoms with E-state index in [1.807, 2.05) is 57.7 Å². The van der Waals surface area contributed by atoms with Gasteiger partial charge < -0.3 is 30.8 Å². The van der Waals surface area contributed by atoms with Gasteiger partial charge in [-0.1, -0.05) is 6.92 Å². The Morgan fingerprint density at radius 3 is 2.18 bits per heavy atom. The minimum Gasteiger partial charge on any atom is -0.481 e. The van der Waals surface area contributed by atoms with E-state index in [1.165, 1.54) is 0 Å². The number of carboxylic acid groups (broad SMARTS) is 2. The van der Waals surface area contributed by atoms with Crippen LogP contribution in [0.4, 0.5) is 0 Å². The second kappa shape index (κ2) is 12.3. The van der Waals surface area contributed by atoms with Gasteiger partial charge in [0.1, 0.15) is 0 Å². The number of aromatic nitrogens is 2. The fraction of sp³-hybridized carbons (Fsp3) is 0.455. The quantitative estimate of drug-likeness (QED) is 0.202. The fourth-order valence-corrected chi connectivity index (χ4v) is 8.27. The van der Waals surface area contributed by atoms with Crippen LogP contribution in [0.25, 0.3) is 18.2 Å². The van der Waals surface area contributed by atoms with Crippen LogP contribution in [0.2, 0.25) is 0 Å². The Labute approximate surface area is 269 Å². The van der Waals surface area contributed by atoms with Gasteiger partial charge in [0, 0.05) is 80.0 Å². The Bertz CT molecular complexity index is 1790. The Balaban J connectivity index is 1.45. The van der Waals surface area contributed by atoms with Gasteiger partial charge >= 0.3 is 11.9 Å². The molecule has 3 saturated heterocycles. The van der Waals surface area contributed by atoms with E-state index < -0.39 is 11.9 Å². The molecule has 3 fully saturated rings. The second-order valence-corrected chi connectivity index (χ2v) is 14.9. The van der Waals surface area contributed by atoms with Crippen LogP contribution in [0, 0.1) is 25.7 Å². The normalized spacial score (nSPS) is 27.5. The van der Waals surface area contributed by atoms with Crippen LogP contribution in [0.5, 0.6) is 0 Å². The number of hydrogen-bond donors (Lipinski definition) is 6. The van der Waals surface area contributed by atoms with Crippen LogP contribution in [0.3, 0.4) is 0 Å². The fourth-order valence-electron chi connectivity index (χ4n) is 6.63. The Hall–Kier alpha value is -3.64. The summed E-state index contributed by atoms with van der Waals surface area (Å²) in [5, 5.41) is 27.3. The average molecular weight is 651 g/mol. The molecule has 0 saturated carbocycles. The third kappa shape index (κ3) is 6.40. The molecule has 6 N–H and O–H groups in total. The SMILES string of the molecule is CC1=C([C@@H]2CS2)C(=O)N[C@@H]1/C=c1/[nH]/c(=C\c2[nH]c(/C=C3\NC(=O)[C@H](C)[C@H]3[C@@H]3CS3)c(C)c2CCC(=O)O)c(CCC(=O)O)c1C. The molecule has 6 heterocycles. The van der Waals surface area contributed by atoms with Crippen molar-refractivity contribution in [3.8, 4) is 0 Å². The first kappa shape index (κ1) is 31.3. The highest BCUT2D eigenvalue weighted by Crippen LogP contribution is 2.46. The molecule has 0 aliphatic carbocycles. The van der Waals surface area contributed by atoms with Crippen molar-refractivity contribution in [3.05, 3.63) is 61.2 Å². The van der Waals surface area contributed by atoms with Gasteiger partial charge in [0.15, 0.2) is 0 Å². The number of rotatable bonds is 11. The van der Waals surface area contributed by atoms with E-state index in [1.54, 1.807) is 11.8 Å². The molecular formula is C33H38N4O6S2. The molecule has 2 aromatic rings. The van der Waals surface area contributed by atoms with Crippen LogP contribution < -0.4 is 21.3 Å². The number of allylic oxidation sites excluding steroid dienone is 1. The molecule has 4 aliphatic heterocycles. The maximum Gasteiger partial charge on any atom is 0.303 e. The minimum absolute atomic E-state index is 0.0149. The Morgan fingerprint density at radius 2 is 1.56 bits per heavy atom. The van der Waals surface area contributed by atoms with Crippen LogP contribution in [-0.4, -0.2) is 72.0 Å². The molecular weight excluding hydrogens is 613 g/mol. The highest BCUT2D eigenvalue weighted by atomic mass is 32.2. The second-order valence-electron chi connectivity index (χ2n) is 12.4. The molecule has 2 amide bonds. The summed E-state index contributed by atoms with van der Waals surface area (Å²) >= 11 is 3.61. The van der Waals surface area contributed by atoms with Gasteiger partial charge in [-0.15, -0.1) is 0 Å². The monoisotopic (exact) mass is 650 g/mol. The maximum atomic E-state index is 12.7. The largest absolute Gasteiger partial charge is 0.481 e. The first-order valence-electron chi connectivity index (χ1n) is 15.3. The summed E-state index contributed by atoms with van der Waals surface area (Å²) in [6.45, 7) is 7.85. The molecule has 0 spiro atoms. The van der Waals surface area contributed by atoms with Crippen molar-refractivity contribution in [1.29, 1.82) is 0 Å². The summed E-state index contributed by atoms with van der Waals surface area (Å²) < 4.78 is 0. The Kier molecular flexibility index (Phi) is 8.55. The van der Waals surface area contributed by atoms with Crippen molar-refractivity contribution in [2.45, 2.75) is 69.9 Å². The maximum absolute atomic E-state index is 12.7. The van der Waals surface area contributed by atoms with E-state index in [2.05, 4.69) is 20.6 Å². The predicted molar refractivity (Wildman–Crippen MR) is 176 cm³/mol. The molecule has 0 radical (unpaired) electrons. The lowest BCUT2D eigenvalue weighted by Gasteiger charge is -2.12. The number of nitrogens with one attached hydrogen (secondary N) is 4. The van der Waals surface area contributed by atoms with Crippen molar-refractivity contribution in [2.24, 2.45) is 11.8 Å². The van der Waals surface area contributed by atoms with Gasteiger partial charge in [0.05, 0.1) is 6.04 Å². The smallest absolute Gasteiger partial charge is 0.303 e. The zero-order valence-corrected chi connectivity index (χ0v) is 27.3. The van der Waals surface area contributed by atoms with Crippen molar-refractivity contribution in [3.63, 3.8) is 0 Å². The number of H-pyrrole nitrogens is 2. The Morgan fingerprint density at radius 1 is 0.889 bits per heavy atom. The molecule has 5 atom stereocenters. The van der Waals surface area contributed by atoms with Crippen molar-refractivity contribution in [1.82, 2.24) is 20.6 Å². The number of thioether (sulfide) groups is 2. The van der Waals surface area contributed by atoms with E-state index in [-0.39, 0.29) is 47.8 Å². The highest BCUT2D eigenvalue weighted by Gasteiger charge is 2.45. The number of carbonyl (C=O) groups excluding carboxylic acids is 2. The van der Waals surface area contributed by atoms with Crippen LogP contribution in [0.1, 0.15) is 60.3 Å². The van der Waals surface area contributed by atoms with Crippen molar-refractivity contribution < 1.29 is 29.4 Å². The molecule has 0 bridgehead atoms. The predicted octanol–water partition coefficient (Wildman–Crippen LogP) is 2.37. The van der Waals surface area contributed by atoms with Crippen LogP contribution in [0.15, 0.2) is 16.8 Å². The van der Waals surface area contributed by atoms with Gasteiger partial charge in [-0.2, -0.15) is 23.5 Å². The highest BCUT2D eigenvalue weighted by molar-refractivity contribution is 8.07. The van der Waals surface area contributed by atoms with Gasteiger partial charge in [-0.05, 0) is 79.7 Å². The van der Waals surface area contributed by atoms with Crippen LogP contribution in [-0.2, 0) is 32.0 Å². The molecule has 238 valence electrons. The lowest BCUT2D eigenvalue weighted by Crippen LogP contribution is -2.29. The zero-order chi connectivity index (χ0) is 32.2. The van der Waals surface area contributed by atoms with E-state index in [0.717, 1.165) is 72.7 Å².